The largest absolute Gasteiger partial charge is 0.467 e. The summed E-state index contributed by atoms with van der Waals surface area (Å²) in [5.74, 6) is -1.32. The maximum absolute atomic E-state index is 12.5. The van der Waals surface area contributed by atoms with Gasteiger partial charge in [-0.3, -0.25) is 9.59 Å². The number of benzene rings is 1. The highest BCUT2D eigenvalue weighted by Gasteiger charge is 2.28. The number of piperidine rings is 1. The van der Waals surface area contributed by atoms with Crippen molar-refractivity contribution in [2.45, 2.75) is 30.7 Å². The summed E-state index contributed by atoms with van der Waals surface area (Å²) >= 11 is 12.2. The van der Waals surface area contributed by atoms with Crippen molar-refractivity contribution in [3.05, 3.63) is 33.8 Å². The van der Waals surface area contributed by atoms with Crippen molar-refractivity contribution >= 4 is 56.9 Å². The van der Waals surface area contributed by atoms with Crippen LogP contribution in [0.2, 0.25) is 10.0 Å². The van der Waals surface area contributed by atoms with Crippen LogP contribution in [0.25, 0.3) is 6.08 Å². The van der Waals surface area contributed by atoms with Crippen molar-refractivity contribution in [1.29, 1.82) is 0 Å². The Bertz CT molecular complexity index is 1000. The van der Waals surface area contributed by atoms with Crippen LogP contribution in [0, 0.1) is 5.92 Å². The molecule has 0 radical (unpaired) electrons. The average molecular weight is 491 g/mol. The van der Waals surface area contributed by atoms with E-state index in [9.17, 15) is 22.8 Å². The molecule has 11 heteroatoms. The smallest absolute Gasteiger partial charge is 0.328 e. The minimum Gasteiger partial charge on any atom is -0.467 e. The summed E-state index contributed by atoms with van der Waals surface area (Å²) < 4.78 is 28.0. The minimum atomic E-state index is -3.52. The first-order chi connectivity index (χ1) is 14.5. The van der Waals surface area contributed by atoms with E-state index in [1.54, 1.807) is 11.8 Å². The number of carbonyl (C=O) groups excluding carboxylic acids is 3. The molecule has 8 nitrogen and oxygen atoms in total. The highest BCUT2D eigenvalue weighted by Crippen LogP contribution is 2.33. The molecule has 2 amide bonds. The Balaban J connectivity index is 1.96. The molecule has 0 spiro atoms. The van der Waals surface area contributed by atoms with Crippen LogP contribution in [-0.4, -0.2) is 63.6 Å². The van der Waals surface area contributed by atoms with E-state index < -0.39 is 21.8 Å². The van der Waals surface area contributed by atoms with Gasteiger partial charge in [0.05, 0.1) is 22.1 Å². The van der Waals surface area contributed by atoms with E-state index in [0.717, 1.165) is 6.26 Å². The second-order valence-corrected chi connectivity index (χ2v) is 9.98. The van der Waals surface area contributed by atoms with E-state index in [-0.39, 0.29) is 32.7 Å². The Labute approximate surface area is 191 Å². The molecule has 1 aromatic rings. The molecule has 0 aliphatic carbocycles. The first kappa shape index (κ1) is 25.2. The molecule has 0 aromatic heterocycles. The van der Waals surface area contributed by atoms with Gasteiger partial charge in [0, 0.05) is 31.3 Å². The normalized spacial score (nSPS) is 16.2. The third kappa shape index (κ3) is 6.44. The van der Waals surface area contributed by atoms with Crippen molar-refractivity contribution in [3.63, 3.8) is 0 Å². The summed E-state index contributed by atoms with van der Waals surface area (Å²) in [5, 5.41) is 2.57. The van der Waals surface area contributed by atoms with E-state index in [4.69, 9.17) is 23.2 Å². The maximum Gasteiger partial charge on any atom is 0.328 e. The fraction of sp³-hybridized carbons (Fsp3) is 0.450. The van der Waals surface area contributed by atoms with Gasteiger partial charge < -0.3 is 15.0 Å². The van der Waals surface area contributed by atoms with E-state index in [2.05, 4.69) is 10.1 Å². The Kier molecular flexibility index (Phi) is 8.50. The van der Waals surface area contributed by atoms with E-state index >= 15 is 0 Å². The van der Waals surface area contributed by atoms with Crippen LogP contribution in [0.3, 0.4) is 0 Å². The maximum atomic E-state index is 12.5. The van der Waals surface area contributed by atoms with Gasteiger partial charge in [-0.15, -0.1) is 0 Å². The lowest BCUT2D eigenvalue weighted by Gasteiger charge is -2.31. The predicted molar refractivity (Wildman–Crippen MR) is 118 cm³/mol. The lowest BCUT2D eigenvalue weighted by molar-refractivity contribution is -0.145. The second kappa shape index (κ2) is 10.5. The summed E-state index contributed by atoms with van der Waals surface area (Å²) in [7, 11) is -2.27. The first-order valence-corrected chi connectivity index (χ1v) is 12.1. The molecule has 0 bridgehead atoms. The van der Waals surface area contributed by atoms with Crippen molar-refractivity contribution in [1.82, 2.24) is 10.2 Å². The predicted octanol–water partition coefficient (Wildman–Crippen LogP) is 2.33. The molecule has 1 unspecified atom stereocenters. The van der Waals surface area contributed by atoms with E-state index in [1.165, 1.54) is 31.4 Å². The van der Waals surface area contributed by atoms with Gasteiger partial charge in [-0.25, -0.2) is 13.2 Å². The number of amides is 2. The fourth-order valence-corrected chi connectivity index (χ4v) is 4.78. The lowest BCUT2D eigenvalue weighted by atomic mass is 9.95. The molecular formula is C20H24Cl2N2O6S. The molecule has 1 aliphatic rings. The number of ether oxygens (including phenoxy) is 1. The number of nitrogens with one attached hydrogen (secondary N) is 1. The van der Waals surface area contributed by atoms with Gasteiger partial charge in [0.1, 0.15) is 6.04 Å². The number of rotatable bonds is 6. The number of carbonyl (C=O) groups is 3. The van der Waals surface area contributed by atoms with Crippen LogP contribution in [-0.2, 0) is 29.0 Å². The highest BCUT2D eigenvalue weighted by molar-refractivity contribution is 7.90. The number of sulfone groups is 1. The average Bonchev–Trinajstić information content (AvgIpc) is 2.72. The number of halogens is 2. The molecule has 1 N–H and O–H groups in total. The topological polar surface area (TPSA) is 110 Å². The molecule has 1 atom stereocenters. The van der Waals surface area contributed by atoms with Crippen LogP contribution in [0.15, 0.2) is 23.1 Å². The Morgan fingerprint density at radius 1 is 1.19 bits per heavy atom. The van der Waals surface area contributed by atoms with Crippen LogP contribution in [0.4, 0.5) is 0 Å². The van der Waals surface area contributed by atoms with Gasteiger partial charge in [-0.2, -0.15) is 0 Å². The number of hydrogen-bond acceptors (Lipinski definition) is 6. The molecule has 1 aliphatic heterocycles. The van der Waals surface area contributed by atoms with Gasteiger partial charge in [0.15, 0.2) is 9.84 Å². The monoisotopic (exact) mass is 490 g/mol. The lowest BCUT2D eigenvalue weighted by Crippen LogP contribution is -2.46. The molecule has 1 aromatic carbocycles. The molecule has 31 heavy (non-hydrogen) atoms. The molecule has 170 valence electrons. The van der Waals surface area contributed by atoms with Crippen LogP contribution < -0.4 is 5.32 Å². The third-order valence-corrected chi connectivity index (χ3v) is 7.12. The zero-order chi connectivity index (χ0) is 23.3. The van der Waals surface area contributed by atoms with Crippen LogP contribution in [0.1, 0.15) is 25.3 Å². The highest BCUT2D eigenvalue weighted by atomic mass is 35.5. The number of nitrogens with zero attached hydrogens (tertiary/aromatic N) is 1. The molecular weight excluding hydrogens is 467 g/mol. The molecule has 2 rings (SSSR count). The SMILES string of the molecule is COC(=O)C(C)NC(=O)C1CCN(C(=O)/C=C/c2ccc(S(C)(=O)=O)c(Cl)c2Cl)CC1. The van der Waals surface area contributed by atoms with Crippen LogP contribution in [0.5, 0.6) is 0 Å². The second-order valence-electron chi connectivity index (χ2n) is 7.24. The van der Waals surface area contributed by atoms with Crippen molar-refractivity contribution < 1.29 is 27.5 Å². The van der Waals surface area contributed by atoms with Crippen LogP contribution >= 0.6 is 23.2 Å². The van der Waals surface area contributed by atoms with Gasteiger partial charge in [0.2, 0.25) is 11.8 Å². The summed E-state index contributed by atoms with van der Waals surface area (Å²) in [6.45, 7) is 2.32. The van der Waals surface area contributed by atoms with E-state index in [1.807, 2.05) is 0 Å². The van der Waals surface area contributed by atoms with Crippen molar-refractivity contribution in [2.75, 3.05) is 26.5 Å². The van der Waals surface area contributed by atoms with Gasteiger partial charge in [-0.1, -0.05) is 29.3 Å². The van der Waals surface area contributed by atoms with Crippen molar-refractivity contribution in [2.24, 2.45) is 5.92 Å². The Morgan fingerprint density at radius 3 is 2.35 bits per heavy atom. The number of esters is 1. The number of likely N-dealkylation sites (tertiary alicyclic amines) is 1. The van der Waals surface area contributed by atoms with Gasteiger partial charge in [0.25, 0.3) is 0 Å². The van der Waals surface area contributed by atoms with Crippen molar-refractivity contribution in [3.8, 4) is 0 Å². The third-order valence-electron chi connectivity index (χ3n) is 4.97. The molecule has 1 saturated heterocycles. The zero-order valence-electron chi connectivity index (χ0n) is 17.4. The summed E-state index contributed by atoms with van der Waals surface area (Å²) in [6, 6.07) is 2.09. The van der Waals surface area contributed by atoms with Gasteiger partial charge >= 0.3 is 5.97 Å². The minimum absolute atomic E-state index is 0.0451. The Morgan fingerprint density at radius 2 is 1.81 bits per heavy atom. The molecule has 0 saturated carbocycles. The summed E-state index contributed by atoms with van der Waals surface area (Å²) in [4.78, 5) is 37.7. The quantitative estimate of drug-likeness (QED) is 0.483. The fourth-order valence-electron chi connectivity index (χ4n) is 3.16. The Hall–Kier alpha value is -2.10. The molecule has 1 fully saturated rings. The summed E-state index contributed by atoms with van der Waals surface area (Å²) in [5.41, 5.74) is 0.415. The molecule has 1 heterocycles. The number of hydrogen-bond donors (Lipinski definition) is 1. The first-order valence-electron chi connectivity index (χ1n) is 9.49. The van der Waals surface area contributed by atoms with Gasteiger partial charge in [-0.05, 0) is 37.5 Å². The standard InChI is InChI=1S/C20H24Cl2N2O6S/c1-12(20(27)30-2)23-19(26)14-8-10-24(11-9-14)16(25)7-5-13-4-6-15(31(3,28)29)18(22)17(13)21/h4-7,12,14H,8-11H2,1-3H3,(H,23,26)/b7-5+. The van der Waals surface area contributed by atoms with E-state index in [0.29, 0.717) is 31.5 Å². The summed E-state index contributed by atoms with van der Waals surface area (Å²) in [6.07, 6.45) is 4.77. The zero-order valence-corrected chi connectivity index (χ0v) is 19.7. The number of methoxy groups -OCH3 is 1.